The standard InChI is InChI=1S/C20H19N3O8/c1-21-20(26)17-10-22(13-6-2-5-9-16(13)31-17)18(24)11-30-19(25)12-29-15-8-4-3-7-14(15)23(27)28/h2-9,17H,10-12H2,1H3,(H,21,26). The molecule has 2 amide bonds. The highest BCUT2D eigenvalue weighted by Gasteiger charge is 2.33. The minimum atomic E-state index is -0.915. The Morgan fingerprint density at radius 1 is 1.16 bits per heavy atom. The van der Waals surface area contributed by atoms with Gasteiger partial charge in [-0.1, -0.05) is 24.3 Å². The van der Waals surface area contributed by atoms with E-state index in [-0.39, 0.29) is 18.0 Å². The summed E-state index contributed by atoms with van der Waals surface area (Å²) in [5, 5.41) is 13.4. The van der Waals surface area contributed by atoms with Gasteiger partial charge in [-0.3, -0.25) is 19.7 Å². The molecule has 0 aromatic heterocycles. The Morgan fingerprint density at radius 2 is 1.87 bits per heavy atom. The fourth-order valence-electron chi connectivity index (χ4n) is 2.90. The molecule has 2 aromatic carbocycles. The number of likely N-dealkylation sites (N-methyl/N-ethyl adjacent to an activating group) is 1. The maximum absolute atomic E-state index is 12.7. The fraction of sp³-hybridized carbons (Fsp3) is 0.250. The Labute approximate surface area is 176 Å². The predicted molar refractivity (Wildman–Crippen MR) is 107 cm³/mol. The Kier molecular flexibility index (Phi) is 6.65. The lowest BCUT2D eigenvalue weighted by Crippen LogP contribution is -2.51. The van der Waals surface area contributed by atoms with Crippen LogP contribution in [0.15, 0.2) is 48.5 Å². The number of hydrogen-bond acceptors (Lipinski definition) is 8. The van der Waals surface area contributed by atoms with E-state index in [0.29, 0.717) is 11.4 Å². The molecule has 1 aliphatic heterocycles. The Bertz CT molecular complexity index is 1010. The van der Waals surface area contributed by atoms with Crippen molar-refractivity contribution in [3.8, 4) is 11.5 Å². The van der Waals surface area contributed by atoms with Crippen LogP contribution in [0.5, 0.6) is 11.5 Å². The van der Waals surface area contributed by atoms with Crippen molar-refractivity contribution in [3.63, 3.8) is 0 Å². The molecule has 0 saturated carbocycles. The number of nitro groups is 1. The minimum Gasteiger partial charge on any atom is -0.477 e. The van der Waals surface area contributed by atoms with Crippen LogP contribution < -0.4 is 19.7 Å². The molecular weight excluding hydrogens is 410 g/mol. The molecule has 1 aliphatic rings. The maximum Gasteiger partial charge on any atom is 0.344 e. The first kappa shape index (κ1) is 21.6. The number of ether oxygens (including phenoxy) is 3. The Hall–Kier alpha value is -4.15. The molecule has 2 aromatic rings. The number of hydrogen-bond donors (Lipinski definition) is 1. The highest BCUT2D eigenvalue weighted by atomic mass is 16.6. The zero-order valence-corrected chi connectivity index (χ0v) is 16.5. The average Bonchev–Trinajstić information content (AvgIpc) is 2.79. The molecule has 31 heavy (non-hydrogen) atoms. The second kappa shape index (κ2) is 9.57. The number of para-hydroxylation sites is 4. The molecule has 0 saturated heterocycles. The molecule has 1 unspecified atom stereocenters. The lowest BCUT2D eigenvalue weighted by atomic mass is 10.1. The van der Waals surface area contributed by atoms with Gasteiger partial charge in [0, 0.05) is 13.1 Å². The summed E-state index contributed by atoms with van der Waals surface area (Å²) in [7, 11) is 1.46. The van der Waals surface area contributed by atoms with Crippen molar-refractivity contribution in [2.45, 2.75) is 6.10 Å². The molecule has 1 atom stereocenters. The number of nitrogens with zero attached hydrogens (tertiary/aromatic N) is 2. The van der Waals surface area contributed by atoms with Crippen LogP contribution in [0, 0.1) is 10.1 Å². The van der Waals surface area contributed by atoms with Gasteiger partial charge in [0.05, 0.1) is 17.2 Å². The van der Waals surface area contributed by atoms with Crippen LogP contribution in [0.4, 0.5) is 11.4 Å². The zero-order chi connectivity index (χ0) is 22.4. The number of carbonyl (C=O) groups excluding carboxylic acids is 3. The summed E-state index contributed by atoms with van der Waals surface area (Å²) in [6, 6.07) is 12.3. The van der Waals surface area contributed by atoms with E-state index >= 15 is 0 Å². The van der Waals surface area contributed by atoms with E-state index in [1.54, 1.807) is 24.3 Å². The molecule has 0 spiro atoms. The van der Waals surface area contributed by atoms with Crippen LogP contribution in [-0.2, 0) is 19.1 Å². The first-order valence-electron chi connectivity index (χ1n) is 9.20. The largest absolute Gasteiger partial charge is 0.477 e. The van der Waals surface area contributed by atoms with Crippen molar-refractivity contribution >= 4 is 29.2 Å². The van der Waals surface area contributed by atoms with Crippen LogP contribution in [0.25, 0.3) is 0 Å². The number of carbonyl (C=O) groups is 3. The maximum atomic E-state index is 12.7. The summed E-state index contributed by atoms with van der Waals surface area (Å²) in [6.07, 6.45) is -0.915. The van der Waals surface area contributed by atoms with Crippen LogP contribution in [0.1, 0.15) is 0 Å². The molecule has 0 bridgehead atoms. The zero-order valence-electron chi connectivity index (χ0n) is 16.5. The first-order chi connectivity index (χ1) is 14.9. The third-order valence-electron chi connectivity index (χ3n) is 4.38. The molecule has 11 nitrogen and oxygen atoms in total. The summed E-state index contributed by atoms with van der Waals surface area (Å²) in [6.45, 7) is -1.27. The van der Waals surface area contributed by atoms with Crippen LogP contribution in [-0.4, -0.2) is 55.6 Å². The van der Waals surface area contributed by atoms with E-state index in [2.05, 4.69) is 5.32 Å². The van der Waals surface area contributed by atoms with Gasteiger partial charge in [-0.2, -0.15) is 0 Å². The Morgan fingerprint density at radius 3 is 2.61 bits per heavy atom. The van der Waals surface area contributed by atoms with Crippen molar-refractivity contribution in [3.05, 3.63) is 58.6 Å². The summed E-state index contributed by atoms with van der Waals surface area (Å²) < 4.78 is 15.7. The average molecular weight is 429 g/mol. The summed E-state index contributed by atoms with van der Waals surface area (Å²) in [5.41, 5.74) is 0.149. The first-order valence-corrected chi connectivity index (χ1v) is 9.20. The van der Waals surface area contributed by atoms with Gasteiger partial charge in [0.1, 0.15) is 5.75 Å². The number of esters is 1. The van der Waals surface area contributed by atoms with Crippen molar-refractivity contribution in [2.75, 3.05) is 31.7 Å². The van der Waals surface area contributed by atoms with E-state index in [1.165, 1.54) is 36.2 Å². The van der Waals surface area contributed by atoms with Gasteiger partial charge in [0.25, 0.3) is 11.8 Å². The molecule has 0 aliphatic carbocycles. The third-order valence-corrected chi connectivity index (χ3v) is 4.38. The summed E-state index contributed by atoms with van der Waals surface area (Å²) in [4.78, 5) is 48.3. The van der Waals surface area contributed by atoms with E-state index in [9.17, 15) is 24.5 Å². The van der Waals surface area contributed by atoms with E-state index in [1.807, 2.05) is 0 Å². The monoisotopic (exact) mass is 429 g/mol. The second-order valence-corrected chi connectivity index (χ2v) is 6.37. The van der Waals surface area contributed by atoms with Crippen molar-refractivity contribution in [1.29, 1.82) is 0 Å². The number of fused-ring (bicyclic) bond motifs is 1. The summed E-state index contributed by atoms with van der Waals surface area (Å²) >= 11 is 0. The number of nitro benzene ring substituents is 1. The summed E-state index contributed by atoms with van der Waals surface area (Å²) in [5.74, 6) is -1.59. The number of benzene rings is 2. The number of amides is 2. The molecule has 3 rings (SSSR count). The third kappa shape index (κ3) is 5.07. The lowest BCUT2D eigenvalue weighted by Gasteiger charge is -2.33. The molecule has 0 radical (unpaired) electrons. The van der Waals surface area contributed by atoms with E-state index in [0.717, 1.165) is 0 Å². The van der Waals surface area contributed by atoms with Crippen molar-refractivity contribution in [2.24, 2.45) is 0 Å². The van der Waals surface area contributed by atoms with Crippen LogP contribution >= 0.6 is 0 Å². The van der Waals surface area contributed by atoms with Gasteiger partial charge in [-0.15, -0.1) is 0 Å². The minimum absolute atomic E-state index is 0.0558. The van der Waals surface area contributed by atoms with Gasteiger partial charge in [-0.25, -0.2) is 4.79 Å². The molecule has 11 heteroatoms. The van der Waals surface area contributed by atoms with Gasteiger partial charge in [-0.05, 0) is 18.2 Å². The Balaban J connectivity index is 1.60. The number of rotatable bonds is 7. The molecule has 1 heterocycles. The number of anilines is 1. The van der Waals surface area contributed by atoms with Crippen molar-refractivity contribution < 1.29 is 33.5 Å². The van der Waals surface area contributed by atoms with Gasteiger partial charge in [0.2, 0.25) is 0 Å². The van der Waals surface area contributed by atoms with E-state index in [4.69, 9.17) is 14.2 Å². The fourth-order valence-corrected chi connectivity index (χ4v) is 2.90. The number of nitrogens with one attached hydrogen (secondary N) is 1. The molecule has 0 fully saturated rings. The van der Waals surface area contributed by atoms with Gasteiger partial charge in [0.15, 0.2) is 25.1 Å². The second-order valence-electron chi connectivity index (χ2n) is 6.37. The highest BCUT2D eigenvalue weighted by Crippen LogP contribution is 2.33. The normalized spacial score (nSPS) is 14.6. The van der Waals surface area contributed by atoms with Gasteiger partial charge >= 0.3 is 11.7 Å². The van der Waals surface area contributed by atoms with Gasteiger partial charge < -0.3 is 24.4 Å². The van der Waals surface area contributed by atoms with Crippen LogP contribution in [0.3, 0.4) is 0 Å². The highest BCUT2D eigenvalue weighted by molar-refractivity contribution is 5.98. The SMILES string of the molecule is CNC(=O)C1CN(C(=O)COC(=O)COc2ccccc2[N+](=O)[O-])c2ccccc2O1. The van der Waals surface area contributed by atoms with Crippen LogP contribution in [0.2, 0.25) is 0 Å². The smallest absolute Gasteiger partial charge is 0.344 e. The van der Waals surface area contributed by atoms with E-state index < -0.39 is 42.0 Å². The molecule has 162 valence electrons. The van der Waals surface area contributed by atoms with Crippen molar-refractivity contribution in [1.82, 2.24) is 5.32 Å². The topological polar surface area (TPSA) is 137 Å². The molecule has 1 N–H and O–H groups in total. The predicted octanol–water partition coefficient (Wildman–Crippen LogP) is 1.06. The molecular formula is C20H19N3O8. The lowest BCUT2D eigenvalue weighted by molar-refractivity contribution is -0.385. The quantitative estimate of drug-likeness (QED) is 0.392.